The van der Waals surface area contributed by atoms with Crippen molar-refractivity contribution in [1.29, 1.82) is 5.26 Å². The zero-order valence-electron chi connectivity index (χ0n) is 11.7. The Kier molecular flexibility index (Phi) is 4.61. The molecule has 3 N–H and O–H groups in total. The zero-order valence-corrected chi connectivity index (χ0v) is 11.7. The second-order valence-corrected chi connectivity index (χ2v) is 5.78. The third kappa shape index (κ3) is 2.93. The van der Waals surface area contributed by atoms with E-state index in [1.54, 1.807) is 0 Å². The maximum Gasteiger partial charge on any atom is 0.243 e. The second kappa shape index (κ2) is 6.23. The van der Waals surface area contributed by atoms with Crippen LogP contribution in [-0.4, -0.2) is 41.4 Å². The van der Waals surface area contributed by atoms with Crippen molar-refractivity contribution in [1.82, 2.24) is 10.2 Å². The molecule has 6 heteroatoms. The Morgan fingerprint density at radius 2 is 2.00 bits per heavy atom. The van der Waals surface area contributed by atoms with Gasteiger partial charge in [0, 0.05) is 6.54 Å². The maximum atomic E-state index is 12.4. The summed E-state index contributed by atoms with van der Waals surface area (Å²) in [5.41, 5.74) is 4.64. The summed E-state index contributed by atoms with van der Waals surface area (Å²) in [5, 5.41) is 11.7. The predicted molar refractivity (Wildman–Crippen MR) is 73.4 cm³/mol. The fourth-order valence-electron chi connectivity index (χ4n) is 3.31. The first-order valence-electron chi connectivity index (χ1n) is 7.32. The molecule has 0 aromatic carbocycles. The first-order chi connectivity index (χ1) is 9.59. The molecule has 2 aliphatic rings. The molecule has 0 radical (unpaired) electrons. The molecule has 0 bridgehead atoms. The Balaban J connectivity index is 2.05. The van der Waals surface area contributed by atoms with Crippen LogP contribution in [0.1, 0.15) is 44.9 Å². The summed E-state index contributed by atoms with van der Waals surface area (Å²) in [6.07, 6.45) is 5.80. The van der Waals surface area contributed by atoms with Crippen LogP contribution in [0, 0.1) is 11.3 Å². The van der Waals surface area contributed by atoms with Crippen molar-refractivity contribution in [2.45, 2.75) is 56.5 Å². The van der Waals surface area contributed by atoms with E-state index in [-0.39, 0.29) is 18.5 Å². The quantitative estimate of drug-likeness (QED) is 0.721. The molecule has 20 heavy (non-hydrogen) atoms. The van der Waals surface area contributed by atoms with Gasteiger partial charge in [-0.2, -0.15) is 5.26 Å². The largest absolute Gasteiger partial charge is 0.368 e. The van der Waals surface area contributed by atoms with Crippen LogP contribution in [0.3, 0.4) is 0 Å². The van der Waals surface area contributed by atoms with Crippen LogP contribution in [0.5, 0.6) is 0 Å². The monoisotopic (exact) mass is 278 g/mol. The highest BCUT2D eigenvalue weighted by Crippen LogP contribution is 2.29. The van der Waals surface area contributed by atoms with Crippen LogP contribution in [0.15, 0.2) is 0 Å². The molecule has 1 aliphatic heterocycles. The molecule has 2 rings (SSSR count). The van der Waals surface area contributed by atoms with E-state index in [1.165, 1.54) is 0 Å². The highest BCUT2D eigenvalue weighted by atomic mass is 16.2. The molecule has 0 aromatic rings. The Bertz CT molecular complexity index is 423. The van der Waals surface area contributed by atoms with E-state index < -0.39 is 11.4 Å². The van der Waals surface area contributed by atoms with Crippen molar-refractivity contribution in [3.63, 3.8) is 0 Å². The minimum Gasteiger partial charge on any atom is -0.368 e. The molecular weight excluding hydrogens is 256 g/mol. The van der Waals surface area contributed by atoms with Gasteiger partial charge in [0.05, 0.1) is 18.7 Å². The molecule has 1 saturated carbocycles. The zero-order chi connectivity index (χ0) is 14.6. The summed E-state index contributed by atoms with van der Waals surface area (Å²) in [6, 6.07) is 1.79. The molecule has 2 amide bonds. The average molecular weight is 278 g/mol. The third-order valence-electron chi connectivity index (χ3n) is 4.48. The lowest BCUT2D eigenvalue weighted by molar-refractivity contribution is -0.135. The van der Waals surface area contributed by atoms with E-state index >= 15 is 0 Å². The number of nitrogens with zero attached hydrogens (tertiary/aromatic N) is 2. The standard InChI is InChI=1S/C14H22N4O2/c15-8-10-18-9-4-5-11(18)12(19)17-14(13(16)20)6-2-1-3-7-14/h11H,1-7,9-10H2,(H2,16,20)(H,17,19). The number of primary amides is 1. The van der Waals surface area contributed by atoms with Crippen molar-refractivity contribution < 1.29 is 9.59 Å². The molecule has 1 saturated heterocycles. The number of hydrogen-bond donors (Lipinski definition) is 2. The minimum atomic E-state index is -0.879. The number of nitriles is 1. The molecule has 6 nitrogen and oxygen atoms in total. The molecule has 0 spiro atoms. The number of likely N-dealkylation sites (tertiary alicyclic amines) is 1. The first-order valence-corrected chi connectivity index (χ1v) is 7.32. The van der Waals surface area contributed by atoms with Gasteiger partial charge in [-0.25, -0.2) is 0 Å². The van der Waals surface area contributed by atoms with E-state index in [4.69, 9.17) is 11.0 Å². The van der Waals surface area contributed by atoms with Crippen LogP contribution in [0.2, 0.25) is 0 Å². The molecule has 1 atom stereocenters. The minimum absolute atomic E-state index is 0.154. The van der Waals surface area contributed by atoms with Crippen molar-refractivity contribution >= 4 is 11.8 Å². The van der Waals surface area contributed by atoms with Gasteiger partial charge in [0.1, 0.15) is 5.54 Å². The van der Waals surface area contributed by atoms with Crippen molar-refractivity contribution in [2.75, 3.05) is 13.1 Å². The fourth-order valence-corrected chi connectivity index (χ4v) is 3.31. The molecule has 1 unspecified atom stereocenters. The van der Waals surface area contributed by atoms with Crippen LogP contribution in [0.25, 0.3) is 0 Å². The summed E-state index contributed by atoms with van der Waals surface area (Å²) >= 11 is 0. The summed E-state index contributed by atoms with van der Waals surface area (Å²) < 4.78 is 0. The van der Waals surface area contributed by atoms with Gasteiger partial charge in [-0.3, -0.25) is 14.5 Å². The molecule has 1 heterocycles. The van der Waals surface area contributed by atoms with Gasteiger partial charge in [-0.05, 0) is 25.7 Å². The van der Waals surface area contributed by atoms with E-state index in [0.717, 1.165) is 38.6 Å². The highest BCUT2D eigenvalue weighted by Gasteiger charge is 2.42. The SMILES string of the molecule is N#CCN1CCCC1C(=O)NC1(C(N)=O)CCCCC1. The number of carbonyl (C=O) groups is 2. The van der Waals surface area contributed by atoms with E-state index in [1.807, 2.05) is 4.90 Å². The van der Waals surface area contributed by atoms with Gasteiger partial charge in [0.25, 0.3) is 0 Å². The number of nitrogens with one attached hydrogen (secondary N) is 1. The summed E-state index contributed by atoms with van der Waals surface area (Å²) in [5.74, 6) is -0.589. The normalized spacial score (nSPS) is 25.9. The van der Waals surface area contributed by atoms with Crippen LogP contribution >= 0.6 is 0 Å². The van der Waals surface area contributed by atoms with Gasteiger partial charge >= 0.3 is 0 Å². The second-order valence-electron chi connectivity index (χ2n) is 5.78. The summed E-state index contributed by atoms with van der Waals surface area (Å²) in [7, 11) is 0. The first kappa shape index (κ1) is 14.8. The van der Waals surface area contributed by atoms with E-state index in [2.05, 4.69) is 11.4 Å². The van der Waals surface area contributed by atoms with Gasteiger partial charge in [0.15, 0.2) is 0 Å². The average Bonchev–Trinajstić information content (AvgIpc) is 2.88. The van der Waals surface area contributed by atoms with Crippen LogP contribution < -0.4 is 11.1 Å². The lowest BCUT2D eigenvalue weighted by Crippen LogP contribution is -2.61. The number of hydrogen-bond acceptors (Lipinski definition) is 4. The predicted octanol–water partition coefficient (Wildman–Crippen LogP) is 0.279. The van der Waals surface area contributed by atoms with Crippen LogP contribution in [0.4, 0.5) is 0 Å². The third-order valence-corrected chi connectivity index (χ3v) is 4.48. The van der Waals surface area contributed by atoms with Gasteiger partial charge in [-0.15, -0.1) is 0 Å². The van der Waals surface area contributed by atoms with Crippen molar-refractivity contribution in [3.8, 4) is 6.07 Å². The molecule has 1 aliphatic carbocycles. The molecule has 110 valence electrons. The number of nitrogens with two attached hydrogens (primary N) is 1. The topological polar surface area (TPSA) is 99.2 Å². The van der Waals surface area contributed by atoms with E-state index in [0.29, 0.717) is 12.8 Å². The number of amides is 2. The molecular formula is C14H22N4O2. The van der Waals surface area contributed by atoms with Gasteiger partial charge in [0.2, 0.25) is 11.8 Å². The van der Waals surface area contributed by atoms with Gasteiger partial charge < -0.3 is 11.1 Å². The molecule has 2 fully saturated rings. The number of rotatable bonds is 4. The fraction of sp³-hybridized carbons (Fsp3) is 0.786. The highest BCUT2D eigenvalue weighted by molar-refractivity contribution is 5.92. The smallest absolute Gasteiger partial charge is 0.243 e. The number of carbonyl (C=O) groups excluding carboxylic acids is 2. The lowest BCUT2D eigenvalue weighted by Gasteiger charge is -2.36. The lowest BCUT2D eigenvalue weighted by atomic mass is 9.81. The van der Waals surface area contributed by atoms with E-state index in [9.17, 15) is 9.59 Å². The van der Waals surface area contributed by atoms with Crippen molar-refractivity contribution in [3.05, 3.63) is 0 Å². The Morgan fingerprint density at radius 3 is 2.60 bits per heavy atom. The Labute approximate surface area is 119 Å². The summed E-state index contributed by atoms with van der Waals surface area (Å²) in [4.78, 5) is 26.1. The molecule has 0 aromatic heterocycles. The van der Waals surface area contributed by atoms with Crippen molar-refractivity contribution in [2.24, 2.45) is 5.73 Å². The van der Waals surface area contributed by atoms with Crippen LogP contribution in [-0.2, 0) is 9.59 Å². The summed E-state index contributed by atoms with van der Waals surface area (Å²) in [6.45, 7) is 1.01. The Morgan fingerprint density at radius 1 is 1.30 bits per heavy atom. The van der Waals surface area contributed by atoms with Gasteiger partial charge in [-0.1, -0.05) is 19.3 Å². The maximum absolute atomic E-state index is 12.4. The Hall–Kier alpha value is -1.61.